The molecule has 0 saturated carbocycles. The van der Waals surface area contributed by atoms with E-state index in [0.717, 1.165) is 5.56 Å². The van der Waals surface area contributed by atoms with Crippen molar-refractivity contribution in [1.29, 1.82) is 0 Å². The minimum atomic E-state index is -0.475. The molecule has 0 bridgehead atoms. The number of hydrogen-bond donors (Lipinski definition) is 1. The minimum absolute atomic E-state index is 0.160. The fourth-order valence-corrected chi connectivity index (χ4v) is 2.59. The van der Waals surface area contributed by atoms with Crippen LogP contribution in [0.25, 0.3) is 0 Å². The maximum Gasteiger partial charge on any atom is 0.258 e. The molecule has 0 saturated heterocycles. The van der Waals surface area contributed by atoms with E-state index in [1.54, 1.807) is 32.2 Å². The average molecular weight is 373 g/mol. The van der Waals surface area contributed by atoms with Gasteiger partial charge in [0.2, 0.25) is 0 Å². The van der Waals surface area contributed by atoms with Crippen molar-refractivity contribution in [3.63, 3.8) is 0 Å². The molecule has 0 aromatic heterocycles. The van der Waals surface area contributed by atoms with Gasteiger partial charge in [0.1, 0.15) is 0 Å². The van der Waals surface area contributed by atoms with Crippen LogP contribution in [0.1, 0.15) is 24.1 Å². The molecule has 27 heavy (non-hydrogen) atoms. The zero-order valence-corrected chi connectivity index (χ0v) is 15.8. The summed E-state index contributed by atoms with van der Waals surface area (Å²) in [5, 5.41) is 2.77. The van der Waals surface area contributed by atoms with Crippen molar-refractivity contribution in [3.8, 4) is 17.2 Å². The number of hydrogen-bond acceptors (Lipinski definition) is 4. The van der Waals surface area contributed by atoms with Gasteiger partial charge in [0.15, 0.2) is 29.7 Å². The summed E-state index contributed by atoms with van der Waals surface area (Å²) in [6.07, 6.45) is 2.51. The summed E-state index contributed by atoms with van der Waals surface area (Å²) in [6, 6.07) is 9.68. The van der Waals surface area contributed by atoms with E-state index in [-0.39, 0.29) is 24.3 Å². The molecule has 1 amide bonds. The molecule has 2 rings (SSSR count). The first-order chi connectivity index (χ1) is 13.0. The number of amides is 1. The van der Waals surface area contributed by atoms with Crippen LogP contribution in [0.15, 0.2) is 49.1 Å². The highest BCUT2D eigenvalue weighted by Crippen LogP contribution is 2.28. The van der Waals surface area contributed by atoms with Crippen LogP contribution in [0.5, 0.6) is 17.2 Å². The van der Waals surface area contributed by atoms with Crippen molar-refractivity contribution in [1.82, 2.24) is 5.32 Å². The second-order valence-electron chi connectivity index (χ2n) is 5.95. The van der Waals surface area contributed by atoms with Gasteiger partial charge in [-0.2, -0.15) is 0 Å². The third-order valence-corrected chi connectivity index (χ3v) is 4.02. The van der Waals surface area contributed by atoms with Gasteiger partial charge in [0.25, 0.3) is 5.91 Å². The largest absolute Gasteiger partial charge is 0.494 e. The molecule has 6 heteroatoms. The van der Waals surface area contributed by atoms with E-state index in [1.165, 1.54) is 19.2 Å². The van der Waals surface area contributed by atoms with Crippen LogP contribution in [0.4, 0.5) is 4.39 Å². The quantitative estimate of drug-likeness (QED) is 0.679. The Kier molecular flexibility index (Phi) is 7.23. The van der Waals surface area contributed by atoms with E-state index in [0.29, 0.717) is 23.5 Å². The van der Waals surface area contributed by atoms with Crippen molar-refractivity contribution < 1.29 is 23.4 Å². The van der Waals surface area contributed by atoms with Crippen LogP contribution < -0.4 is 19.5 Å². The van der Waals surface area contributed by atoms with Gasteiger partial charge in [0.05, 0.1) is 20.3 Å². The Hall–Kier alpha value is -3.02. The van der Waals surface area contributed by atoms with E-state index in [1.807, 2.05) is 12.1 Å². The fourth-order valence-electron chi connectivity index (χ4n) is 2.59. The number of methoxy groups -OCH3 is 2. The summed E-state index contributed by atoms with van der Waals surface area (Å²) >= 11 is 0. The third-order valence-electron chi connectivity index (χ3n) is 4.02. The summed E-state index contributed by atoms with van der Waals surface area (Å²) in [6.45, 7) is 5.29. The molecule has 0 aliphatic rings. The van der Waals surface area contributed by atoms with Crippen molar-refractivity contribution in [2.75, 3.05) is 20.8 Å². The van der Waals surface area contributed by atoms with Gasteiger partial charge >= 0.3 is 0 Å². The molecular weight excluding hydrogens is 349 g/mol. The SMILES string of the molecule is C=CCc1ccc(OCC(=O)NC(C)c2ccc(OC)c(F)c2)c(OC)c1. The monoisotopic (exact) mass is 373 g/mol. The van der Waals surface area contributed by atoms with E-state index < -0.39 is 5.82 Å². The summed E-state index contributed by atoms with van der Waals surface area (Å²) in [5.41, 5.74) is 1.67. The zero-order chi connectivity index (χ0) is 19.8. The lowest BCUT2D eigenvalue weighted by Gasteiger charge is -2.16. The Morgan fingerprint density at radius 2 is 1.85 bits per heavy atom. The zero-order valence-electron chi connectivity index (χ0n) is 15.8. The second kappa shape index (κ2) is 9.62. The van der Waals surface area contributed by atoms with Crippen LogP contribution in [0.2, 0.25) is 0 Å². The maximum absolute atomic E-state index is 13.8. The Balaban J connectivity index is 1.95. The third kappa shape index (κ3) is 5.48. The Labute approximate surface area is 158 Å². The molecule has 0 spiro atoms. The highest BCUT2D eigenvalue weighted by Gasteiger charge is 2.14. The number of allylic oxidation sites excluding steroid dienone is 1. The van der Waals surface area contributed by atoms with Crippen LogP contribution in [-0.4, -0.2) is 26.7 Å². The maximum atomic E-state index is 13.8. The number of carbonyl (C=O) groups is 1. The standard InChI is InChI=1S/C21H24FNO4/c1-5-6-15-7-9-19(20(11-15)26-4)27-13-21(24)23-14(2)16-8-10-18(25-3)17(22)12-16/h5,7-12,14H,1,6,13H2,2-4H3,(H,23,24). The van der Waals surface area contributed by atoms with Gasteiger partial charge in [-0.05, 0) is 48.7 Å². The molecule has 0 fully saturated rings. The highest BCUT2D eigenvalue weighted by atomic mass is 19.1. The molecule has 0 aliphatic heterocycles. The first-order valence-corrected chi connectivity index (χ1v) is 8.52. The smallest absolute Gasteiger partial charge is 0.258 e. The van der Waals surface area contributed by atoms with E-state index in [2.05, 4.69) is 11.9 Å². The fraction of sp³-hybridized carbons (Fsp3) is 0.286. The number of ether oxygens (including phenoxy) is 3. The van der Waals surface area contributed by atoms with Gasteiger partial charge in [-0.1, -0.05) is 18.2 Å². The van der Waals surface area contributed by atoms with Crippen LogP contribution in [-0.2, 0) is 11.2 Å². The summed E-state index contributed by atoms with van der Waals surface area (Å²) in [5.74, 6) is 0.385. The molecule has 1 atom stereocenters. The van der Waals surface area contributed by atoms with Gasteiger partial charge in [0, 0.05) is 0 Å². The van der Waals surface area contributed by atoms with Gasteiger partial charge in [-0.3, -0.25) is 4.79 Å². The van der Waals surface area contributed by atoms with Crippen LogP contribution in [0, 0.1) is 5.82 Å². The number of rotatable bonds is 9. The number of carbonyl (C=O) groups excluding carboxylic acids is 1. The molecule has 2 aromatic rings. The molecule has 2 aromatic carbocycles. The first-order valence-electron chi connectivity index (χ1n) is 8.52. The lowest BCUT2D eigenvalue weighted by Crippen LogP contribution is -2.31. The van der Waals surface area contributed by atoms with Crippen molar-refractivity contribution in [3.05, 3.63) is 66.0 Å². The van der Waals surface area contributed by atoms with Gasteiger partial charge < -0.3 is 19.5 Å². The molecule has 0 aliphatic carbocycles. The van der Waals surface area contributed by atoms with E-state index in [9.17, 15) is 9.18 Å². The summed E-state index contributed by atoms with van der Waals surface area (Å²) in [4.78, 5) is 12.2. The van der Waals surface area contributed by atoms with Crippen molar-refractivity contribution >= 4 is 5.91 Å². The summed E-state index contributed by atoms with van der Waals surface area (Å²) in [7, 11) is 2.94. The molecule has 0 heterocycles. The predicted molar refractivity (Wildman–Crippen MR) is 102 cm³/mol. The van der Waals surface area contributed by atoms with Gasteiger partial charge in [-0.25, -0.2) is 4.39 Å². The molecular formula is C21H24FNO4. The van der Waals surface area contributed by atoms with Crippen molar-refractivity contribution in [2.45, 2.75) is 19.4 Å². The van der Waals surface area contributed by atoms with E-state index in [4.69, 9.17) is 14.2 Å². The molecule has 1 unspecified atom stereocenters. The van der Waals surface area contributed by atoms with Crippen LogP contribution in [0.3, 0.4) is 0 Å². The Bertz CT molecular complexity index is 807. The number of nitrogens with one attached hydrogen (secondary N) is 1. The lowest BCUT2D eigenvalue weighted by molar-refractivity contribution is -0.123. The topological polar surface area (TPSA) is 56.8 Å². The predicted octanol–water partition coefficient (Wildman–Crippen LogP) is 3.83. The lowest BCUT2D eigenvalue weighted by atomic mass is 10.1. The number of benzene rings is 2. The highest BCUT2D eigenvalue weighted by molar-refractivity contribution is 5.78. The second-order valence-corrected chi connectivity index (χ2v) is 5.95. The molecule has 144 valence electrons. The van der Waals surface area contributed by atoms with E-state index >= 15 is 0 Å². The minimum Gasteiger partial charge on any atom is -0.494 e. The molecule has 5 nitrogen and oxygen atoms in total. The Morgan fingerprint density at radius 3 is 2.48 bits per heavy atom. The first kappa shape index (κ1) is 20.3. The van der Waals surface area contributed by atoms with Crippen molar-refractivity contribution in [2.24, 2.45) is 0 Å². The normalized spacial score (nSPS) is 11.4. The summed E-state index contributed by atoms with van der Waals surface area (Å²) < 4.78 is 29.6. The Morgan fingerprint density at radius 1 is 1.15 bits per heavy atom. The van der Waals surface area contributed by atoms with Crippen LogP contribution >= 0.6 is 0 Å². The van der Waals surface area contributed by atoms with Gasteiger partial charge in [-0.15, -0.1) is 6.58 Å². The number of halogens is 1. The molecule has 0 radical (unpaired) electrons. The molecule has 1 N–H and O–H groups in total. The average Bonchev–Trinajstić information content (AvgIpc) is 2.66.